The minimum Gasteiger partial charge on any atom is -0.477 e. The lowest BCUT2D eigenvalue weighted by Gasteiger charge is -2.61. The largest absolute Gasteiger partial charge is 0.477 e. The Morgan fingerprint density at radius 1 is 1.07 bits per heavy atom. The Hall–Kier alpha value is -3.46. The second-order valence-electron chi connectivity index (χ2n) is 13.5. The van der Waals surface area contributed by atoms with Gasteiger partial charge in [-0.1, -0.05) is 44.2 Å². The normalized spacial score (nSPS) is 22.7. The minimum atomic E-state index is -3.94. The van der Waals surface area contributed by atoms with Crippen LogP contribution in [0.2, 0.25) is 0 Å². The maximum absolute atomic E-state index is 13.6. The first-order chi connectivity index (χ1) is 20.4. The van der Waals surface area contributed by atoms with Crippen LogP contribution in [0.25, 0.3) is 11.3 Å². The molecule has 1 aliphatic carbocycles. The van der Waals surface area contributed by atoms with E-state index in [1.807, 2.05) is 55.1 Å². The number of carbonyl (C=O) groups excluding carboxylic acids is 1. The standard InChI is InChI=1S/C34H42N4O4S/c1-21(2)12-26-18-42-31-15-30(32-22(3)8-6-9-23(32)4)35-33(36-31)37-43(40,41)28-11-7-10-25(13-28)14-29(26)27-16-34(17-27)19-38(20-34)24(5)39/h6-11,13,15,21,26-27,29H,12,14,16-20H2,1-5H3,(H,35,36,37)/t26-,29?/m1/s1. The Balaban J connectivity index is 1.39. The molecule has 1 unspecified atom stereocenters. The number of carbonyl (C=O) groups is 1. The van der Waals surface area contributed by atoms with Crippen molar-refractivity contribution >= 4 is 21.9 Å². The number of anilines is 1. The predicted molar refractivity (Wildman–Crippen MR) is 167 cm³/mol. The van der Waals surface area contributed by atoms with Crippen molar-refractivity contribution in [3.63, 3.8) is 0 Å². The molecule has 1 aromatic heterocycles. The monoisotopic (exact) mass is 602 g/mol. The van der Waals surface area contributed by atoms with E-state index in [0.29, 0.717) is 35.9 Å². The third kappa shape index (κ3) is 6.01. The minimum absolute atomic E-state index is 0.00212. The second-order valence-corrected chi connectivity index (χ2v) is 15.2. The molecule has 3 heterocycles. The fraction of sp³-hybridized carbons (Fsp3) is 0.500. The summed E-state index contributed by atoms with van der Waals surface area (Å²) in [7, 11) is -3.94. The molecule has 2 atom stereocenters. The Bertz CT molecular complexity index is 1620. The summed E-state index contributed by atoms with van der Waals surface area (Å²) in [5.74, 6) is 2.03. The molecule has 3 aromatic rings. The first-order valence-corrected chi connectivity index (χ1v) is 16.9. The maximum Gasteiger partial charge on any atom is 0.264 e. The number of hydrogen-bond donors (Lipinski definition) is 1. The van der Waals surface area contributed by atoms with Gasteiger partial charge in [0.1, 0.15) is 0 Å². The average Bonchev–Trinajstić information content (AvgIpc) is 2.88. The van der Waals surface area contributed by atoms with Gasteiger partial charge in [0.05, 0.1) is 17.2 Å². The van der Waals surface area contributed by atoms with Gasteiger partial charge in [-0.15, -0.1) is 0 Å². The van der Waals surface area contributed by atoms with Crippen LogP contribution >= 0.6 is 0 Å². The number of aromatic nitrogens is 2. The molecule has 2 aliphatic heterocycles. The molecular formula is C34H42N4O4S. The van der Waals surface area contributed by atoms with Crippen LogP contribution in [0.1, 0.15) is 56.7 Å². The average molecular weight is 603 g/mol. The molecule has 1 N–H and O–H groups in total. The van der Waals surface area contributed by atoms with E-state index in [9.17, 15) is 13.2 Å². The van der Waals surface area contributed by atoms with Gasteiger partial charge in [-0.05, 0) is 92.0 Å². The van der Waals surface area contributed by atoms with Crippen LogP contribution in [0.4, 0.5) is 5.95 Å². The quantitative estimate of drug-likeness (QED) is 0.391. The Kier molecular flexibility index (Phi) is 7.73. The van der Waals surface area contributed by atoms with E-state index < -0.39 is 10.0 Å². The molecule has 1 saturated heterocycles. The fourth-order valence-corrected chi connectivity index (χ4v) is 8.68. The fourth-order valence-electron chi connectivity index (χ4n) is 7.66. The van der Waals surface area contributed by atoms with Gasteiger partial charge in [-0.2, -0.15) is 4.98 Å². The molecule has 9 heteroatoms. The van der Waals surface area contributed by atoms with Gasteiger partial charge in [-0.25, -0.2) is 18.1 Å². The summed E-state index contributed by atoms with van der Waals surface area (Å²) in [5, 5.41) is 0. The number of likely N-dealkylation sites (tertiary alicyclic amines) is 1. The van der Waals surface area contributed by atoms with Crippen LogP contribution < -0.4 is 9.46 Å². The molecule has 1 spiro atoms. The zero-order valence-corrected chi connectivity index (χ0v) is 26.6. The summed E-state index contributed by atoms with van der Waals surface area (Å²) < 4.78 is 36.3. The molecule has 8 nitrogen and oxygen atoms in total. The van der Waals surface area contributed by atoms with Crippen LogP contribution in [0.5, 0.6) is 5.88 Å². The third-order valence-electron chi connectivity index (χ3n) is 9.66. The summed E-state index contributed by atoms with van der Waals surface area (Å²) in [6.07, 6.45) is 3.94. The van der Waals surface area contributed by atoms with Crippen molar-refractivity contribution in [3.8, 4) is 17.1 Å². The summed E-state index contributed by atoms with van der Waals surface area (Å²) >= 11 is 0. The number of fused-ring (bicyclic) bond motifs is 4. The number of benzene rings is 2. The third-order valence-corrected chi connectivity index (χ3v) is 11.0. The van der Waals surface area contributed by atoms with E-state index in [4.69, 9.17) is 4.74 Å². The van der Waals surface area contributed by atoms with Crippen molar-refractivity contribution in [1.82, 2.24) is 14.9 Å². The van der Waals surface area contributed by atoms with Crippen LogP contribution in [0.15, 0.2) is 53.4 Å². The van der Waals surface area contributed by atoms with Gasteiger partial charge >= 0.3 is 0 Å². The lowest BCUT2D eigenvalue weighted by Crippen LogP contribution is -2.64. The SMILES string of the molecule is CC(=O)N1CC2(CC(C3Cc4cccc(c4)S(=O)(=O)Nc4nc(cc(-c5c(C)cccc5C)n4)OC[C@H]3CC(C)C)C2)C1. The number of nitrogens with one attached hydrogen (secondary N) is 1. The zero-order valence-electron chi connectivity index (χ0n) is 25.8. The Labute approximate surface area is 255 Å². The summed E-state index contributed by atoms with van der Waals surface area (Å²) in [6.45, 7) is 12.4. The van der Waals surface area contributed by atoms with Crippen molar-refractivity contribution in [2.24, 2.45) is 29.1 Å². The highest BCUT2D eigenvalue weighted by Crippen LogP contribution is 2.56. The van der Waals surface area contributed by atoms with E-state index in [1.165, 1.54) is 0 Å². The van der Waals surface area contributed by atoms with Crippen molar-refractivity contribution in [1.29, 1.82) is 0 Å². The molecule has 43 heavy (non-hydrogen) atoms. The number of sulfonamides is 1. The van der Waals surface area contributed by atoms with Crippen LogP contribution in [0.3, 0.4) is 0 Å². The molecule has 1 saturated carbocycles. The highest BCUT2D eigenvalue weighted by molar-refractivity contribution is 7.92. The van der Waals surface area contributed by atoms with Crippen LogP contribution in [-0.2, 0) is 21.2 Å². The van der Waals surface area contributed by atoms with Crippen molar-refractivity contribution in [2.75, 3.05) is 24.4 Å². The summed E-state index contributed by atoms with van der Waals surface area (Å²) in [4.78, 5) is 23.2. The van der Waals surface area contributed by atoms with E-state index in [0.717, 1.165) is 61.0 Å². The van der Waals surface area contributed by atoms with Crippen molar-refractivity contribution in [3.05, 3.63) is 65.2 Å². The van der Waals surface area contributed by atoms with E-state index in [1.54, 1.807) is 19.1 Å². The first-order valence-electron chi connectivity index (χ1n) is 15.4. The molecular weight excluding hydrogens is 560 g/mol. The number of rotatable bonds is 4. The maximum atomic E-state index is 13.6. The number of hydrogen-bond acceptors (Lipinski definition) is 6. The van der Waals surface area contributed by atoms with Gasteiger partial charge in [0, 0.05) is 37.1 Å². The highest BCUT2D eigenvalue weighted by Gasteiger charge is 2.55. The number of amides is 1. The van der Waals surface area contributed by atoms with E-state index in [2.05, 4.69) is 28.5 Å². The summed E-state index contributed by atoms with van der Waals surface area (Å²) in [6, 6.07) is 15.2. The molecule has 6 rings (SSSR count). The molecule has 228 valence electrons. The van der Waals surface area contributed by atoms with Gasteiger partial charge in [0.15, 0.2) is 0 Å². The molecule has 2 fully saturated rings. The Morgan fingerprint density at radius 3 is 2.44 bits per heavy atom. The van der Waals surface area contributed by atoms with E-state index in [-0.39, 0.29) is 28.1 Å². The van der Waals surface area contributed by atoms with Gasteiger partial charge < -0.3 is 9.64 Å². The topological polar surface area (TPSA) is 101 Å². The Morgan fingerprint density at radius 2 is 1.77 bits per heavy atom. The van der Waals surface area contributed by atoms with Gasteiger partial charge in [0.2, 0.25) is 17.7 Å². The summed E-state index contributed by atoms with van der Waals surface area (Å²) in [5.41, 5.74) is 4.89. The predicted octanol–water partition coefficient (Wildman–Crippen LogP) is 6.03. The molecule has 0 radical (unpaired) electrons. The molecule has 4 bridgehead atoms. The van der Waals surface area contributed by atoms with Gasteiger partial charge in [-0.3, -0.25) is 4.79 Å². The number of nitrogens with zero attached hydrogens (tertiary/aromatic N) is 3. The first kappa shape index (κ1) is 29.6. The highest BCUT2D eigenvalue weighted by atomic mass is 32.2. The van der Waals surface area contributed by atoms with Crippen molar-refractivity contribution in [2.45, 2.75) is 65.2 Å². The number of aryl methyl sites for hydroxylation is 2. The molecule has 2 aromatic carbocycles. The van der Waals surface area contributed by atoms with Crippen molar-refractivity contribution < 1.29 is 17.9 Å². The molecule has 3 aliphatic rings. The lowest BCUT2D eigenvalue weighted by molar-refractivity contribution is -0.157. The van der Waals surface area contributed by atoms with Crippen LogP contribution in [-0.4, -0.2) is 48.9 Å². The zero-order chi connectivity index (χ0) is 30.5. The second kappa shape index (κ2) is 11.2. The van der Waals surface area contributed by atoms with Crippen LogP contribution in [0, 0.1) is 42.9 Å². The number of ether oxygens (including phenoxy) is 1. The van der Waals surface area contributed by atoms with Gasteiger partial charge in [0.25, 0.3) is 10.0 Å². The van der Waals surface area contributed by atoms with E-state index >= 15 is 0 Å². The lowest BCUT2D eigenvalue weighted by atomic mass is 9.52. The molecule has 1 amide bonds. The smallest absolute Gasteiger partial charge is 0.264 e.